The molecule has 4 aromatic carbocycles. The number of hydrogen-bond donors (Lipinski definition) is 0. The summed E-state index contributed by atoms with van der Waals surface area (Å²) in [6.45, 7) is 9.37. The molecule has 5 aromatic rings. The SMILES string of the molecule is CC1(C)c2[c-]c(-c3ccc4ccccc4n3)cc3c2N(c2ccccc21)c1ccccc1C3(C)C.[Ir]. The number of benzene rings is 4. The fourth-order valence-electron chi connectivity index (χ4n) is 6.14. The molecule has 0 amide bonds. The molecule has 179 valence electrons. The van der Waals surface area contributed by atoms with E-state index in [2.05, 4.69) is 130 Å². The second kappa shape index (κ2) is 7.87. The van der Waals surface area contributed by atoms with E-state index < -0.39 is 0 Å². The third-order valence-electron chi connectivity index (χ3n) is 8.07. The van der Waals surface area contributed by atoms with Gasteiger partial charge in [-0.2, -0.15) is 0 Å². The Morgan fingerprint density at radius 2 is 1.28 bits per heavy atom. The molecule has 1 radical (unpaired) electrons. The number of hydrogen-bond acceptors (Lipinski definition) is 2. The van der Waals surface area contributed by atoms with Crippen LogP contribution in [0.2, 0.25) is 0 Å². The van der Waals surface area contributed by atoms with Crippen LogP contribution < -0.4 is 4.90 Å². The number of anilines is 3. The zero-order valence-electron chi connectivity index (χ0n) is 20.9. The molecular formula is C33H27IrN2-. The van der Waals surface area contributed by atoms with Gasteiger partial charge in [0.2, 0.25) is 0 Å². The minimum Gasteiger partial charge on any atom is -0.351 e. The Bertz CT molecular complexity index is 1580. The number of fused-ring (bicyclic) bond motifs is 5. The van der Waals surface area contributed by atoms with E-state index in [0.29, 0.717) is 0 Å². The van der Waals surface area contributed by atoms with Gasteiger partial charge in [0, 0.05) is 42.3 Å². The Morgan fingerprint density at radius 1 is 0.667 bits per heavy atom. The molecule has 0 bridgehead atoms. The zero-order valence-corrected chi connectivity index (χ0v) is 23.3. The maximum atomic E-state index is 5.05. The molecule has 0 fully saturated rings. The van der Waals surface area contributed by atoms with Gasteiger partial charge in [0.1, 0.15) is 0 Å². The summed E-state index contributed by atoms with van der Waals surface area (Å²) in [5.74, 6) is 0. The van der Waals surface area contributed by atoms with Gasteiger partial charge in [-0.15, -0.1) is 17.7 Å². The van der Waals surface area contributed by atoms with Crippen LogP contribution >= 0.6 is 0 Å². The molecule has 0 spiro atoms. The van der Waals surface area contributed by atoms with Gasteiger partial charge in [-0.3, -0.25) is 4.98 Å². The van der Waals surface area contributed by atoms with Gasteiger partial charge in [-0.1, -0.05) is 106 Å². The van der Waals surface area contributed by atoms with Crippen molar-refractivity contribution in [3.8, 4) is 11.3 Å². The van der Waals surface area contributed by atoms with Crippen LogP contribution in [0, 0.1) is 6.07 Å². The number of para-hydroxylation sites is 3. The largest absolute Gasteiger partial charge is 0.351 e. The zero-order chi connectivity index (χ0) is 23.9. The molecule has 3 heterocycles. The molecule has 0 aliphatic carbocycles. The van der Waals surface area contributed by atoms with Crippen LogP contribution in [0.5, 0.6) is 0 Å². The van der Waals surface area contributed by atoms with E-state index >= 15 is 0 Å². The molecule has 0 N–H and O–H groups in total. The first-order valence-corrected chi connectivity index (χ1v) is 12.3. The van der Waals surface area contributed by atoms with Crippen LogP contribution in [0.15, 0.2) is 91.0 Å². The van der Waals surface area contributed by atoms with Crippen LogP contribution in [0.3, 0.4) is 0 Å². The second-order valence-corrected chi connectivity index (χ2v) is 10.8. The second-order valence-electron chi connectivity index (χ2n) is 10.8. The quantitative estimate of drug-likeness (QED) is 0.171. The van der Waals surface area contributed by atoms with Gasteiger partial charge in [0.25, 0.3) is 0 Å². The van der Waals surface area contributed by atoms with Crippen LogP contribution in [-0.2, 0) is 30.9 Å². The maximum Gasteiger partial charge on any atom is 0.0595 e. The van der Waals surface area contributed by atoms with E-state index in [4.69, 9.17) is 4.98 Å². The Hall–Kier alpha value is -3.26. The first kappa shape index (κ1) is 23.2. The van der Waals surface area contributed by atoms with E-state index in [0.717, 1.165) is 22.2 Å². The normalized spacial score (nSPS) is 15.9. The van der Waals surface area contributed by atoms with Gasteiger partial charge >= 0.3 is 0 Å². The standard InChI is InChI=1S/C33H27N2.Ir/c1-32(2)23-12-6-9-15-29(23)35-30-16-10-7-13-24(30)33(3,4)26-20-22(19-25(32)31(26)35)28-18-17-21-11-5-8-14-27(21)34-28;/h5-19H,1-4H3;/q-1;. The fraction of sp³-hybridized carbons (Fsp3) is 0.182. The topological polar surface area (TPSA) is 16.1 Å². The van der Waals surface area contributed by atoms with E-state index in [9.17, 15) is 0 Å². The summed E-state index contributed by atoms with van der Waals surface area (Å²) in [6, 6.07) is 36.5. The van der Waals surface area contributed by atoms with Crippen molar-refractivity contribution in [2.45, 2.75) is 38.5 Å². The van der Waals surface area contributed by atoms with Crippen molar-refractivity contribution in [2.75, 3.05) is 4.90 Å². The minimum absolute atomic E-state index is 0. The summed E-state index contributed by atoms with van der Waals surface area (Å²) < 4.78 is 0. The maximum absolute atomic E-state index is 5.05. The Balaban J connectivity index is 0.00000240. The smallest absolute Gasteiger partial charge is 0.0595 e. The van der Waals surface area contributed by atoms with Crippen LogP contribution in [0.1, 0.15) is 49.9 Å². The fourth-order valence-corrected chi connectivity index (χ4v) is 6.14. The van der Waals surface area contributed by atoms with Crippen LogP contribution in [0.25, 0.3) is 22.2 Å². The average molecular weight is 644 g/mol. The predicted octanol–water partition coefficient (Wildman–Crippen LogP) is 8.45. The van der Waals surface area contributed by atoms with Gasteiger partial charge < -0.3 is 4.90 Å². The molecule has 0 saturated heterocycles. The number of aromatic nitrogens is 1. The molecule has 2 aliphatic heterocycles. The van der Waals surface area contributed by atoms with Crippen molar-refractivity contribution in [3.63, 3.8) is 0 Å². The first-order chi connectivity index (χ1) is 16.9. The summed E-state index contributed by atoms with van der Waals surface area (Å²) >= 11 is 0. The molecule has 0 unspecified atom stereocenters. The minimum atomic E-state index is -0.188. The molecule has 0 atom stereocenters. The van der Waals surface area contributed by atoms with Crippen LogP contribution in [-0.4, -0.2) is 4.98 Å². The summed E-state index contributed by atoms with van der Waals surface area (Å²) in [7, 11) is 0. The Morgan fingerprint density at radius 3 is 2.00 bits per heavy atom. The van der Waals surface area contributed by atoms with Crippen molar-refractivity contribution < 1.29 is 20.1 Å². The summed E-state index contributed by atoms with van der Waals surface area (Å²) in [5, 5.41) is 1.16. The summed E-state index contributed by atoms with van der Waals surface area (Å²) in [6.07, 6.45) is 0. The molecule has 36 heavy (non-hydrogen) atoms. The predicted molar refractivity (Wildman–Crippen MR) is 145 cm³/mol. The van der Waals surface area contributed by atoms with Gasteiger partial charge in [0.05, 0.1) is 5.52 Å². The number of rotatable bonds is 1. The average Bonchev–Trinajstić information content (AvgIpc) is 2.88. The van der Waals surface area contributed by atoms with Crippen molar-refractivity contribution in [1.82, 2.24) is 4.98 Å². The van der Waals surface area contributed by atoms with Crippen molar-refractivity contribution >= 4 is 28.0 Å². The van der Waals surface area contributed by atoms with Crippen molar-refractivity contribution in [1.29, 1.82) is 0 Å². The van der Waals surface area contributed by atoms with Crippen LogP contribution in [0.4, 0.5) is 17.1 Å². The third-order valence-corrected chi connectivity index (χ3v) is 8.07. The monoisotopic (exact) mass is 644 g/mol. The molecule has 2 aliphatic rings. The number of nitrogens with zero attached hydrogens (tertiary/aromatic N) is 2. The molecule has 0 saturated carbocycles. The van der Waals surface area contributed by atoms with E-state index in [-0.39, 0.29) is 30.9 Å². The number of pyridine rings is 1. The van der Waals surface area contributed by atoms with Gasteiger partial charge in [-0.05, 0) is 46.1 Å². The Labute approximate surface area is 226 Å². The summed E-state index contributed by atoms with van der Waals surface area (Å²) in [5.41, 5.74) is 11.7. The van der Waals surface area contributed by atoms with Crippen molar-refractivity contribution in [2.24, 2.45) is 0 Å². The molecular weight excluding hydrogens is 617 g/mol. The van der Waals surface area contributed by atoms with E-state index in [1.54, 1.807) is 0 Å². The van der Waals surface area contributed by atoms with Crippen molar-refractivity contribution in [3.05, 3.63) is 119 Å². The molecule has 7 rings (SSSR count). The molecule has 1 aromatic heterocycles. The molecule has 3 heteroatoms. The third kappa shape index (κ3) is 3.03. The molecule has 2 nitrogen and oxygen atoms in total. The first-order valence-electron chi connectivity index (χ1n) is 12.3. The van der Waals surface area contributed by atoms with E-state index in [1.165, 1.54) is 39.3 Å². The Kier molecular flexibility index (Phi) is 5.06. The van der Waals surface area contributed by atoms with Gasteiger partial charge in [0.15, 0.2) is 0 Å². The van der Waals surface area contributed by atoms with E-state index in [1.807, 2.05) is 0 Å². The summed E-state index contributed by atoms with van der Waals surface area (Å²) in [4.78, 5) is 7.52. The van der Waals surface area contributed by atoms with Gasteiger partial charge in [-0.25, -0.2) is 0 Å².